The molecule has 0 bridgehead atoms. The maximum Gasteiger partial charge on any atom is 0.267 e. The fourth-order valence-corrected chi connectivity index (χ4v) is 3.00. The second kappa shape index (κ2) is 5.44. The Hall–Kier alpha value is -2.79. The van der Waals surface area contributed by atoms with E-state index in [9.17, 15) is 14.7 Å². The number of fused-ring (bicyclic) bond motifs is 1. The number of carbonyl (C=O) groups excluding carboxylic acids is 1. The molecule has 3 rings (SSSR count). The van der Waals surface area contributed by atoms with Crippen LogP contribution in [0, 0.1) is 0 Å². The van der Waals surface area contributed by atoms with E-state index < -0.39 is 22.8 Å². The Morgan fingerprint density at radius 3 is 2.43 bits per heavy atom. The van der Waals surface area contributed by atoms with E-state index in [-0.39, 0.29) is 10.4 Å². The molecule has 0 spiro atoms. The number of rotatable bonds is 2. The fraction of sp³-hybridized carbons (Fsp3) is 0.0588. The number of hydrogen-bond donors (Lipinski definition) is 2. The third kappa shape index (κ3) is 2.26. The van der Waals surface area contributed by atoms with Gasteiger partial charge in [0.05, 0.1) is 15.9 Å². The molecule has 0 aliphatic carbocycles. The SMILES string of the molecule is Cn1c(=O)c(C(N)=O)c(O)c2c(Cl)c(-c3ccccc3)ccc21. The molecule has 1 heterocycles. The molecule has 0 aliphatic rings. The highest BCUT2D eigenvalue weighted by Crippen LogP contribution is 2.38. The smallest absolute Gasteiger partial charge is 0.267 e. The van der Waals surface area contributed by atoms with Crippen molar-refractivity contribution in [2.75, 3.05) is 0 Å². The normalized spacial score (nSPS) is 10.9. The van der Waals surface area contributed by atoms with E-state index in [1.54, 1.807) is 12.1 Å². The van der Waals surface area contributed by atoms with Crippen LogP contribution in [-0.4, -0.2) is 15.6 Å². The maximum absolute atomic E-state index is 12.2. The summed E-state index contributed by atoms with van der Waals surface area (Å²) in [5.41, 5.74) is 6.05. The Bertz CT molecular complexity index is 994. The molecule has 0 saturated carbocycles. The van der Waals surface area contributed by atoms with Gasteiger partial charge in [0.2, 0.25) is 0 Å². The predicted molar refractivity (Wildman–Crippen MR) is 89.8 cm³/mol. The van der Waals surface area contributed by atoms with E-state index in [2.05, 4.69) is 0 Å². The van der Waals surface area contributed by atoms with Crippen molar-refractivity contribution in [3.05, 3.63) is 63.4 Å². The van der Waals surface area contributed by atoms with Crippen LogP contribution >= 0.6 is 11.6 Å². The average molecular weight is 329 g/mol. The number of nitrogens with zero attached hydrogens (tertiary/aromatic N) is 1. The number of carbonyl (C=O) groups is 1. The van der Waals surface area contributed by atoms with Crippen LogP contribution in [0.15, 0.2) is 47.3 Å². The molecule has 3 N–H and O–H groups in total. The molecular weight excluding hydrogens is 316 g/mol. The van der Waals surface area contributed by atoms with Crippen LogP contribution in [0.1, 0.15) is 10.4 Å². The summed E-state index contributed by atoms with van der Waals surface area (Å²) in [5.74, 6) is -1.48. The van der Waals surface area contributed by atoms with Crippen molar-refractivity contribution >= 4 is 28.4 Å². The van der Waals surface area contributed by atoms with Gasteiger partial charge in [0, 0.05) is 12.6 Å². The summed E-state index contributed by atoms with van der Waals surface area (Å²) < 4.78 is 1.25. The minimum atomic E-state index is -0.994. The molecule has 23 heavy (non-hydrogen) atoms. The predicted octanol–water partition coefficient (Wildman–Crippen LogP) is 2.66. The van der Waals surface area contributed by atoms with Crippen molar-refractivity contribution in [3.8, 4) is 16.9 Å². The van der Waals surface area contributed by atoms with Gasteiger partial charge in [-0.1, -0.05) is 48.0 Å². The zero-order valence-electron chi connectivity index (χ0n) is 12.2. The van der Waals surface area contributed by atoms with Gasteiger partial charge in [-0.05, 0) is 11.6 Å². The first-order chi connectivity index (χ1) is 10.9. The lowest BCUT2D eigenvalue weighted by molar-refractivity contribution is 0.0996. The molecule has 0 atom stereocenters. The van der Waals surface area contributed by atoms with Crippen molar-refractivity contribution in [2.24, 2.45) is 12.8 Å². The Balaban J connectivity index is 2.47. The molecule has 0 radical (unpaired) electrons. The minimum absolute atomic E-state index is 0.226. The van der Waals surface area contributed by atoms with Gasteiger partial charge in [-0.2, -0.15) is 0 Å². The largest absolute Gasteiger partial charge is 0.506 e. The number of hydrogen-bond acceptors (Lipinski definition) is 3. The van der Waals surface area contributed by atoms with Gasteiger partial charge >= 0.3 is 0 Å². The van der Waals surface area contributed by atoms with E-state index >= 15 is 0 Å². The molecule has 3 aromatic rings. The summed E-state index contributed by atoms with van der Waals surface area (Å²) in [6, 6.07) is 12.8. The summed E-state index contributed by atoms with van der Waals surface area (Å²) in [7, 11) is 1.50. The van der Waals surface area contributed by atoms with Gasteiger partial charge in [0.1, 0.15) is 11.3 Å². The number of primary amides is 1. The van der Waals surface area contributed by atoms with Crippen molar-refractivity contribution in [1.29, 1.82) is 0 Å². The molecule has 0 saturated heterocycles. The molecular formula is C17H13ClN2O3. The number of aromatic hydroxyl groups is 1. The number of benzene rings is 2. The summed E-state index contributed by atoms with van der Waals surface area (Å²) in [6.45, 7) is 0. The summed E-state index contributed by atoms with van der Waals surface area (Å²) >= 11 is 6.45. The highest BCUT2D eigenvalue weighted by atomic mass is 35.5. The van der Waals surface area contributed by atoms with Crippen LogP contribution in [0.4, 0.5) is 0 Å². The second-order valence-electron chi connectivity index (χ2n) is 5.14. The molecule has 6 heteroatoms. The van der Waals surface area contributed by atoms with Crippen LogP contribution in [0.25, 0.3) is 22.0 Å². The highest BCUT2D eigenvalue weighted by Gasteiger charge is 2.22. The quantitative estimate of drug-likeness (QED) is 0.758. The first-order valence-corrected chi connectivity index (χ1v) is 7.20. The Kier molecular flexibility index (Phi) is 3.58. The molecule has 116 valence electrons. The van der Waals surface area contributed by atoms with E-state index in [0.29, 0.717) is 11.1 Å². The zero-order chi connectivity index (χ0) is 16.7. The van der Waals surface area contributed by atoms with Crippen LogP contribution in [-0.2, 0) is 7.05 Å². The monoisotopic (exact) mass is 328 g/mol. The number of halogens is 1. The van der Waals surface area contributed by atoms with E-state index in [1.807, 2.05) is 30.3 Å². The molecule has 0 fully saturated rings. The van der Waals surface area contributed by atoms with Gasteiger partial charge in [0.25, 0.3) is 11.5 Å². The lowest BCUT2D eigenvalue weighted by atomic mass is 10.0. The number of aryl methyl sites for hydroxylation is 1. The van der Waals surface area contributed by atoms with Crippen LogP contribution in [0.3, 0.4) is 0 Å². The van der Waals surface area contributed by atoms with Crippen LogP contribution < -0.4 is 11.3 Å². The molecule has 0 aliphatic heterocycles. The Morgan fingerprint density at radius 1 is 1.17 bits per heavy atom. The topological polar surface area (TPSA) is 85.3 Å². The Morgan fingerprint density at radius 2 is 1.83 bits per heavy atom. The summed E-state index contributed by atoms with van der Waals surface area (Å²) in [6.07, 6.45) is 0. The van der Waals surface area contributed by atoms with Crippen molar-refractivity contribution < 1.29 is 9.90 Å². The summed E-state index contributed by atoms with van der Waals surface area (Å²) in [4.78, 5) is 23.7. The minimum Gasteiger partial charge on any atom is -0.506 e. The second-order valence-corrected chi connectivity index (χ2v) is 5.52. The lowest BCUT2D eigenvalue weighted by Gasteiger charge is -2.14. The van der Waals surface area contributed by atoms with Gasteiger partial charge in [0.15, 0.2) is 0 Å². The third-order valence-corrected chi connectivity index (χ3v) is 4.20. The first kappa shape index (κ1) is 15.1. The Labute approximate surface area is 136 Å². The van der Waals surface area contributed by atoms with Crippen LogP contribution in [0.5, 0.6) is 5.75 Å². The van der Waals surface area contributed by atoms with Gasteiger partial charge in [-0.25, -0.2) is 0 Å². The van der Waals surface area contributed by atoms with E-state index in [0.717, 1.165) is 5.56 Å². The molecule has 1 aromatic heterocycles. The standard InChI is InChI=1S/C17H13ClN2O3/c1-20-11-8-7-10(9-5-3-2-4-6-9)14(18)12(11)15(21)13(16(19)22)17(20)23/h2-8,21H,1H3,(H2,19,22). The maximum atomic E-state index is 12.2. The third-order valence-electron chi connectivity index (χ3n) is 3.80. The number of aromatic nitrogens is 1. The lowest BCUT2D eigenvalue weighted by Crippen LogP contribution is -2.28. The average Bonchev–Trinajstić information content (AvgIpc) is 2.53. The molecule has 2 aromatic carbocycles. The highest BCUT2D eigenvalue weighted by molar-refractivity contribution is 6.39. The zero-order valence-corrected chi connectivity index (χ0v) is 13.0. The molecule has 1 amide bonds. The fourth-order valence-electron chi connectivity index (χ4n) is 2.64. The van der Waals surface area contributed by atoms with Gasteiger partial charge < -0.3 is 15.4 Å². The first-order valence-electron chi connectivity index (χ1n) is 6.83. The summed E-state index contributed by atoms with van der Waals surface area (Å²) in [5, 5.41) is 10.9. The van der Waals surface area contributed by atoms with Crippen molar-refractivity contribution in [2.45, 2.75) is 0 Å². The van der Waals surface area contributed by atoms with Crippen LogP contribution in [0.2, 0.25) is 5.02 Å². The van der Waals surface area contributed by atoms with Gasteiger partial charge in [-0.3, -0.25) is 9.59 Å². The van der Waals surface area contributed by atoms with E-state index in [1.165, 1.54) is 11.6 Å². The van der Waals surface area contributed by atoms with E-state index in [4.69, 9.17) is 17.3 Å². The van der Waals surface area contributed by atoms with Crippen molar-refractivity contribution in [3.63, 3.8) is 0 Å². The number of amides is 1. The number of nitrogens with two attached hydrogens (primary N) is 1. The van der Waals surface area contributed by atoms with Gasteiger partial charge in [-0.15, -0.1) is 0 Å². The molecule has 5 nitrogen and oxygen atoms in total. The van der Waals surface area contributed by atoms with Crippen molar-refractivity contribution in [1.82, 2.24) is 4.57 Å². The molecule has 0 unspecified atom stereocenters. The number of pyridine rings is 1.